The summed E-state index contributed by atoms with van der Waals surface area (Å²) < 4.78 is 4.92. The number of hydrogen-bond donors (Lipinski definition) is 0. The van der Waals surface area contributed by atoms with Crippen molar-refractivity contribution >= 4 is 11.9 Å². The quantitative estimate of drug-likeness (QED) is 0.633. The van der Waals surface area contributed by atoms with Crippen LogP contribution in [0.25, 0.3) is 0 Å². The molecule has 0 unspecified atom stereocenters. The fourth-order valence-electron chi connectivity index (χ4n) is 1.75. The maximum absolute atomic E-state index is 11.5. The molecule has 0 aromatic heterocycles. The number of likely N-dealkylation sites (tertiary alicyclic amines) is 1. The highest BCUT2D eigenvalue weighted by Crippen LogP contribution is 2.16. The first kappa shape index (κ1) is 11.0. The third-order valence-corrected chi connectivity index (χ3v) is 2.43. The Kier molecular flexibility index (Phi) is 3.92. The second kappa shape index (κ2) is 4.98. The first-order chi connectivity index (χ1) is 6.70. The summed E-state index contributed by atoms with van der Waals surface area (Å²) in [6, 6.07) is -0.370. The predicted octanol–water partition coefficient (Wildman–Crippen LogP) is 0.950. The van der Waals surface area contributed by atoms with E-state index in [1.165, 1.54) is 0 Å². The molecule has 0 bridgehead atoms. The van der Waals surface area contributed by atoms with Crippen LogP contribution in [0.1, 0.15) is 33.1 Å². The molecule has 0 aromatic carbocycles. The van der Waals surface area contributed by atoms with Crippen molar-refractivity contribution in [3.8, 4) is 0 Å². The highest BCUT2D eigenvalue weighted by Gasteiger charge is 2.32. The average Bonchev–Trinajstić information content (AvgIpc) is 2.54. The van der Waals surface area contributed by atoms with Crippen LogP contribution < -0.4 is 0 Å². The van der Waals surface area contributed by atoms with Gasteiger partial charge < -0.3 is 9.64 Å². The van der Waals surface area contributed by atoms with E-state index in [1.54, 1.807) is 11.8 Å². The van der Waals surface area contributed by atoms with Gasteiger partial charge in [0.1, 0.15) is 6.04 Å². The zero-order valence-corrected chi connectivity index (χ0v) is 8.78. The second-order valence-electron chi connectivity index (χ2n) is 3.37. The molecule has 0 spiro atoms. The van der Waals surface area contributed by atoms with E-state index in [0.717, 1.165) is 6.42 Å². The van der Waals surface area contributed by atoms with Crippen molar-refractivity contribution in [1.82, 2.24) is 4.90 Å². The van der Waals surface area contributed by atoms with Gasteiger partial charge in [-0.1, -0.05) is 6.92 Å². The molecule has 14 heavy (non-hydrogen) atoms. The Hall–Kier alpha value is -1.06. The van der Waals surface area contributed by atoms with E-state index in [4.69, 9.17) is 4.74 Å². The van der Waals surface area contributed by atoms with Gasteiger partial charge in [0.15, 0.2) is 0 Å². The van der Waals surface area contributed by atoms with E-state index in [1.807, 2.05) is 6.92 Å². The third-order valence-electron chi connectivity index (χ3n) is 2.43. The van der Waals surface area contributed by atoms with Crippen molar-refractivity contribution in [1.29, 1.82) is 0 Å². The van der Waals surface area contributed by atoms with Gasteiger partial charge in [-0.15, -0.1) is 0 Å². The summed E-state index contributed by atoms with van der Waals surface area (Å²) in [6.07, 6.45) is 2.05. The van der Waals surface area contributed by atoms with E-state index in [9.17, 15) is 9.59 Å². The predicted molar refractivity (Wildman–Crippen MR) is 51.7 cm³/mol. The number of nitrogens with zero attached hydrogens (tertiary/aromatic N) is 1. The molecule has 1 atom stereocenters. The molecule has 0 aliphatic carbocycles. The van der Waals surface area contributed by atoms with Gasteiger partial charge in [-0.3, -0.25) is 4.79 Å². The van der Waals surface area contributed by atoms with Gasteiger partial charge in [0, 0.05) is 13.0 Å². The van der Waals surface area contributed by atoms with Crippen LogP contribution in [0.3, 0.4) is 0 Å². The Labute approximate surface area is 84.2 Å². The minimum absolute atomic E-state index is 0.0740. The van der Waals surface area contributed by atoms with Crippen LogP contribution >= 0.6 is 0 Å². The normalized spacial score (nSPS) is 18.4. The smallest absolute Gasteiger partial charge is 0.328 e. The first-order valence-corrected chi connectivity index (χ1v) is 5.16. The van der Waals surface area contributed by atoms with Crippen LogP contribution in [0, 0.1) is 0 Å². The average molecular weight is 199 g/mol. The van der Waals surface area contributed by atoms with Crippen LogP contribution in [0.2, 0.25) is 0 Å². The fourth-order valence-corrected chi connectivity index (χ4v) is 1.75. The van der Waals surface area contributed by atoms with E-state index in [2.05, 4.69) is 0 Å². The van der Waals surface area contributed by atoms with Gasteiger partial charge in [-0.25, -0.2) is 4.79 Å². The van der Waals surface area contributed by atoms with Crippen LogP contribution in [-0.2, 0) is 14.3 Å². The summed E-state index contributed by atoms with van der Waals surface area (Å²) in [6.45, 7) is 4.73. The fraction of sp³-hybridized carbons (Fsp3) is 0.800. The number of esters is 1. The molecule has 4 nitrogen and oxygen atoms in total. The lowest BCUT2D eigenvalue weighted by molar-refractivity contribution is -0.153. The molecule has 1 aliphatic heterocycles. The van der Waals surface area contributed by atoms with Crippen LogP contribution in [0.5, 0.6) is 0 Å². The zero-order chi connectivity index (χ0) is 10.6. The van der Waals surface area contributed by atoms with Gasteiger partial charge >= 0.3 is 5.97 Å². The molecule has 0 saturated carbocycles. The summed E-state index contributed by atoms with van der Waals surface area (Å²) in [5.74, 6) is -0.199. The summed E-state index contributed by atoms with van der Waals surface area (Å²) in [4.78, 5) is 24.5. The van der Waals surface area contributed by atoms with Crippen LogP contribution in [-0.4, -0.2) is 36.0 Å². The van der Waals surface area contributed by atoms with Crippen molar-refractivity contribution < 1.29 is 14.3 Å². The van der Waals surface area contributed by atoms with Crippen molar-refractivity contribution in [3.05, 3.63) is 0 Å². The minimum Gasteiger partial charge on any atom is -0.464 e. The second-order valence-corrected chi connectivity index (χ2v) is 3.37. The number of carbonyl (C=O) groups excluding carboxylic acids is 2. The number of hydrogen-bond acceptors (Lipinski definition) is 3. The van der Waals surface area contributed by atoms with Gasteiger partial charge in [0.25, 0.3) is 0 Å². The van der Waals surface area contributed by atoms with Gasteiger partial charge in [0.2, 0.25) is 5.91 Å². The first-order valence-electron chi connectivity index (χ1n) is 5.16. The van der Waals surface area contributed by atoms with E-state index in [0.29, 0.717) is 26.0 Å². The molecule has 0 radical (unpaired) electrons. The van der Waals surface area contributed by atoms with Crippen molar-refractivity contribution in [2.45, 2.75) is 39.2 Å². The molecule has 1 saturated heterocycles. The lowest BCUT2D eigenvalue weighted by Crippen LogP contribution is -2.42. The largest absolute Gasteiger partial charge is 0.464 e. The molecule has 1 amide bonds. The maximum atomic E-state index is 11.5. The van der Waals surface area contributed by atoms with Gasteiger partial charge in [-0.05, 0) is 19.8 Å². The molecular weight excluding hydrogens is 182 g/mol. The van der Waals surface area contributed by atoms with E-state index < -0.39 is 0 Å². The van der Waals surface area contributed by atoms with E-state index >= 15 is 0 Å². The summed E-state index contributed by atoms with van der Waals surface area (Å²) in [5.41, 5.74) is 0. The number of rotatable bonds is 4. The molecule has 1 heterocycles. The van der Waals surface area contributed by atoms with Crippen molar-refractivity contribution in [2.75, 3.05) is 13.2 Å². The Morgan fingerprint density at radius 1 is 1.57 bits per heavy atom. The molecule has 0 aromatic rings. The zero-order valence-electron chi connectivity index (χ0n) is 8.78. The topological polar surface area (TPSA) is 46.6 Å². The minimum atomic E-state index is -0.370. The molecule has 4 heteroatoms. The highest BCUT2D eigenvalue weighted by atomic mass is 16.5. The Morgan fingerprint density at radius 3 is 2.71 bits per heavy atom. The van der Waals surface area contributed by atoms with E-state index in [-0.39, 0.29) is 17.9 Å². The Bertz CT molecular complexity index is 227. The maximum Gasteiger partial charge on any atom is 0.328 e. The highest BCUT2D eigenvalue weighted by molar-refractivity contribution is 5.85. The summed E-state index contributed by atoms with van der Waals surface area (Å²) >= 11 is 0. The van der Waals surface area contributed by atoms with Crippen molar-refractivity contribution in [2.24, 2.45) is 0 Å². The Morgan fingerprint density at radius 2 is 2.29 bits per heavy atom. The number of carbonyl (C=O) groups is 2. The molecule has 80 valence electrons. The number of amides is 1. The lowest BCUT2D eigenvalue weighted by Gasteiger charge is -2.24. The summed E-state index contributed by atoms with van der Waals surface area (Å²) in [7, 11) is 0. The molecule has 1 aliphatic rings. The van der Waals surface area contributed by atoms with Crippen LogP contribution in [0.4, 0.5) is 0 Å². The molecule has 1 rings (SSSR count). The lowest BCUT2D eigenvalue weighted by atomic mass is 10.2. The monoisotopic (exact) mass is 199 g/mol. The molecule has 0 N–H and O–H groups in total. The molecule has 1 fully saturated rings. The van der Waals surface area contributed by atoms with Gasteiger partial charge in [0.05, 0.1) is 6.61 Å². The summed E-state index contributed by atoms with van der Waals surface area (Å²) in [5, 5.41) is 0. The number of ether oxygens (including phenoxy) is 1. The van der Waals surface area contributed by atoms with Crippen LogP contribution in [0.15, 0.2) is 0 Å². The standard InChI is InChI=1S/C10H17NO3/c1-3-8(10(13)14-4-2)11-7-5-6-9(11)12/h8H,3-7H2,1-2H3/t8-/m0/s1. The Balaban J connectivity index is 2.60. The SMILES string of the molecule is CCOC(=O)[C@H](CC)N1CCCC1=O. The van der Waals surface area contributed by atoms with Crippen molar-refractivity contribution in [3.63, 3.8) is 0 Å². The molecular formula is C10H17NO3. The van der Waals surface area contributed by atoms with Gasteiger partial charge in [-0.2, -0.15) is 0 Å². The third kappa shape index (κ3) is 2.25.